The third-order valence-electron chi connectivity index (χ3n) is 9.14. The van der Waals surface area contributed by atoms with Gasteiger partial charge in [-0.2, -0.15) is 0 Å². The van der Waals surface area contributed by atoms with Crippen LogP contribution in [0.4, 0.5) is 0 Å². The molecule has 3 heterocycles. The summed E-state index contributed by atoms with van der Waals surface area (Å²) in [6.45, 7) is 3.73. The number of carbonyl (C=O) groups is 1. The summed E-state index contributed by atoms with van der Waals surface area (Å²) >= 11 is 6.97. The predicted octanol–water partition coefficient (Wildman–Crippen LogP) is 3.43. The van der Waals surface area contributed by atoms with Crippen LogP contribution in [-0.2, 0) is 15.9 Å². The summed E-state index contributed by atoms with van der Waals surface area (Å²) in [5, 5.41) is 34.7. The number of halogens is 1. The van der Waals surface area contributed by atoms with Crippen LogP contribution in [0.1, 0.15) is 59.5 Å². The highest BCUT2D eigenvalue weighted by Gasteiger charge is 2.51. The molecule has 0 spiro atoms. The summed E-state index contributed by atoms with van der Waals surface area (Å²) < 4.78 is 24.6. The standard InChI is InChI=1S/C30H29ClN2O9/c1-4-10(2)13-7-11-18(30(38)33(13)32)24(35)17-12(23(11)31)8-16-20-21(17)26(37)22-25(36)19-14(34)5-6-15(39-3)27(19)42-29(22)28(20)41-9-40-16/h5-7,10,14-16,19,27,34-35,37H,4,8-9,32H2,1-3H3/t10-,14-,15+,16+,19+,27+/m0/s1. The molecule has 2 aliphatic carbocycles. The van der Waals surface area contributed by atoms with Gasteiger partial charge in [-0.25, -0.2) is 4.68 Å². The van der Waals surface area contributed by atoms with Crippen LogP contribution in [0.15, 0.2) is 23.0 Å². The minimum atomic E-state index is -1.19. The lowest BCUT2D eigenvalue weighted by Gasteiger charge is -2.42. The van der Waals surface area contributed by atoms with Crippen molar-refractivity contribution in [3.8, 4) is 34.1 Å². The number of Topliss-reactive ketones (excluding diaryl/α,β-unsaturated/α-hetero) is 1. The van der Waals surface area contributed by atoms with Crippen LogP contribution >= 0.6 is 11.6 Å². The van der Waals surface area contributed by atoms with Crippen LogP contribution < -0.4 is 20.9 Å². The quantitative estimate of drug-likeness (QED) is 0.260. The molecule has 12 heteroatoms. The van der Waals surface area contributed by atoms with Crippen LogP contribution in [0, 0.1) is 5.92 Å². The van der Waals surface area contributed by atoms with Crippen molar-refractivity contribution >= 4 is 28.2 Å². The summed E-state index contributed by atoms with van der Waals surface area (Å²) in [5.41, 5.74) is 0.611. The molecule has 0 fully saturated rings. The van der Waals surface area contributed by atoms with Gasteiger partial charge in [0.05, 0.1) is 28.5 Å². The number of nitrogens with zero attached hydrogens (tertiary/aromatic N) is 1. The fraction of sp³-hybridized carbons (Fsp3) is 0.400. The SMILES string of the molecule is CC[C@H](C)c1cc2c(Cl)c3c(c(O)c2c(=O)n1N)-c1c(O)c2c(c4c1[C@@H](C3)OCO4)O[C@H]1[C@@H](C2=O)[C@@H](O)C=C[C@H]1OC. The molecule has 11 nitrogen and oxygen atoms in total. The Morgan fingerprint density at radius 1 is 1.17 bits per heavy atom. The Hall–Kier alpha value is -3.77. The monoisotopic (exact) mass is 596 g/mol. The van der Waals surface area contributed by atoms with E-state index < -0.39 is 53.2 Å². The molecule has 2 aliphatic heterocycles. The molecule has 42 heavy (non-hydrogen) atoms. The molecular formula is C30H29ClN2O9. The molecule has 0 saturated heterocycles. The second-order valence-electron chi connectivity index (χ2n) is 11.2. The fourth-order valence-corrected chi connectivity index (χ4v) is 7.13. The molecule has 2 aromatic carbocycles. The topological polar surface area (TPSA) is 163 Å². The minimum Gasteiger partial charge on any atom is -0.506 e. The van der Waals surface area contributed by atoms with E-state index in [0.717, 1.165) is 11.1 Å². The molecule has 6 atom stereocenters. The average Bonchev–Trinajstić information content (AvgIpc) is 2.98. The second-order valence-corrected chi connectivity index (χ2v) is 11.6. The van der Waals surface area contributed by atoms with E-state index in [2.05, 4.69) is 0 Å². The van der Waals surface area contributed by atoms with Crippen molar-refractivity contribution in [2.24, 2.45) is 5.92 Å². The Morgan fingerprint density at radius 2 is 1.93 bits per heavy atom. The lowest BCUT2D eigenvalue weighted by Crippen LogP contribution is -2.52. The molecule has 5 N–H and O–H groups in total. The first-order chi connectivity index (χ1) is 20.1. The van der Waals surface area contributed by atoms with Crippen molar-refractivity contribution in [2.45, 2.75) is 57.0 Å². The molecule has 0 radical (unpaired) electrons. The number of nitrogen functional groups attached to an aromatic ring is 1. The molecular weight excluding hydrogens is 568 g/mol. The highest BCUT2D eigenvalue weighted by molar-refractivity contribution is 6.37. The summed E-state index contributed by atoms with van der Waals surface area (Å²) in [4.78, 5) is 27.5. The lowest BCUT2D eigenvalue weighted by molar-refractivity contribution is -0.0675. The fourth-order valence-electron chi connectivity index (χ4n) is 6.80. The third kappa shape index (κ3) is 3.39. The van der Waals surface area contributed by atoms with Crippen LogP contribution in [0.5, 0.6) is 23.0 Å². The van der Waals surface area contributed by atoms with Crippen molar-refractivity contribution in [3.63, 3.8) is 0 Å². The lowest BCUT2D eigenvalue weighted by atomic mass is 9.75. The van der Waals surface area contributed by atoms with Gasteiger partial charge in [0, 0.05) is 41.3 Å². The highest BCUT2D eigenvalue weighted by atomic mass is 35.5. The molecule has 1 aromatic heterocycles. The zero-order chi connectivity index (χ0) is 29.8. The van der Waals surface area contributed by atoms with Gasteiger partial charge in [-0.05, 0) is 24.0 Å². The number of hydrogen-bond donors (Lipinski definition) is 4. The Morgan fingerprint density at radius 3 is 2.64 bits per heavy atom. The van der Waals surface area contributed by atoms with E-state index in [4.69, 9.17) is 36.4 Å². The van der Waals surface area contributed by atoms with Crippen LogP contribution in [0.2, 0.25) is 5.02 Å². The number of methoxy groups -OCH3 is 1. The number of aromatic hydroxyl groups is 2. The van der Waals surface area contributed by atoms with Gasteiger partial charge in [-0.1, -0.05) is 37.6 Å². The maximum Gasteiger partial charge on any atom is 0.280 e. The number of pyridine rings is 1. The molecule has 4 aliphatic rings. The number of hydrogen-bond acceptors (Lipinski definition) is 10. The number of ketones is 1. The maximum absolute atomic E-state index is 14.0. The number of phenolic OH excluding ortho intramolecular Hbond substituents is 2. The minimum absolute atomic E-state index is 0.00712. The number of aromatic nitrogens is 1. The van der Waals surface area contributed by atoms with Gasteiger partial charge in [0.25, 0.3) is 5.56 Å². The zero-order valence-corrected chi connectivity index (χ0v) is 23.8. The second kappa shape index (κ2) is 9.37. The normalized spacial score (nSPS) is 26.0. The molecule has 3 aromatic rings. The Labute approximate surface area is 244 Å². The maximum atomic E-state index is 14.0. The number of benzene rings is 2. The van der Waals surface area contributed by atoms with Crippen molar-refractivity contribution in [3.05, 3.63) is 56.0 Å². The summed E-state index contributed by atoms with van der Waals surface area (Å²) in [6.07, 6.45) is 0.620. The molecule has 220 valence electrons. The number of carbonyl (C=O) groups excluding carboxylic acids is 1. The molecule has 0 bridgehead atoms. The van der Waals surface area contributed by atoms with Crippen molar-refractivity contribution in [1.29, 1.82) is 0 Å². The van der Waals surface area contributed by atoms with E-state index in [-0.39, 0.29) is 57.7 Å². The van der Waals surface area contributed by atoms with Crippen molar-refractivity contribution in [1.82, 2.24) is 4.68 Å². The third-order valence-corrected chi connectivity index (χ3v) is 9.57. The van der Waals surface area contributed by atoms with Crippen LogP contribution in [0.25, 0.3) is 21.9 Å². The number of ether oxygens (including phenoxy) is 4. The number of aliphatic hydroxyl groups excluding tert-OH is 1. The number of rotatable bonds is 3. The zero-order valence-electron chi connectivity index (χ0n) is 23.0. The van der Waals surface area contributed by atoms with Gasteiger partial charge >= 0.3 is 0 Å². The average molecular weight is 597 g/mol. The number of aliphatic hydroxyl groups is 1. The first-order valence-electron chi connectivity index (χ1n) is 13.8. The largest absolute Gasteiger partial charge is 0.506 e. The van der Waals surface area contributed by atoms with Gasteiger partial charge in [0.1, 0.15) is 29.3 Å². The van der Waals surface area contributed by atoms with Crippen molar-refractivity contribution < 1.29 is 39.1 Å². The first kappa shape index (κ1) is 27.1. The smallest absolute Gasteiger partial charge is 0.280 e. The number of nitrogens with two attached hydrogens (primary N) is 1. The number of fused-ring (bicyclic) bond motifs is 6. The number of phenols is 2. The summed E-state index contributed by atoms with van der Waals surface area (Å²) in [6, 6.07) is 1.70. The van der Waals surface area contributed by atoms with Crippen LogP contribution in [0.3, 0.4) is 0 Å². The van der Waals surface area contributed by atoms with E-state index in [1.807, 2.05) is 13.8 Å². The molecule has 7 rings (SSSR count). The van der Waals surface area contributed by atoms with E-state index in [1.54, 1.807) is 12.1 Å². The van der Waals surface area contributed by atoms with Gasteiger partial charge in [-0.3, -0.25) is 9.59 Å². The van der Waals surface area contributed by atoms with E-state index in [1.165, 1.54) is 13.2 Å². The van der Waals surface area contributed by atoms with E-state index in [0.29, 0.717) is 22.2 Å². The van der Waals surface area contributed by atoms with Gasteiger partial charge in [0.15, 0.2) is 24.1 Å². The van der Waals surface area contributed by atoms with Gasteiger partial charge < -0.3 is 40.1 Å². The van der Waals surface area contributed by atoms with Crippen molar-refractivity contribution in [2.75, 3.05) is 19.7 Å². The summed E-state index contributed by atoms with van der Waals surface area (Å²) in [5.74, 6) is 3.72. The van der Waals surface area contributed by atoms with Gasteiger partial charge in [-0.15, -0.1) is 0 Å². The first-order valence-corrected chi connectivity index (χ1v) is 14.1. The van der Waals surface area contributed by atoms with Gasteiger partial charge in [0.2, 0.25) is 0 Å². The Balaban J connectivity index is 1.55. The molecule has 0 saturated carbocycles. The summed E-state index contributed by atoms with van der Waals surface area (Å²) in [7, 11) is 1.47. The molecule has 0 unspecified atom stereocenters. The Kier molecular flexibility index (Phi) is 6.04. The van der Waals surface area contributed by atoms with Crippen LogP contribution in [-0.4, -0.2) is 58.0 Å². The Bertz CT molecular complexity index is 1800. The predicted molar refractivity (Wildman–Crippen MR) is 152 cm³/mol. The van der Waals surface area contributed by atoms with E-state index >= 15 is 0 Å². The highest BCUT2D eigenvalue weighted by Crippen LogP contribution is 2.61. The molecule has 0 amide bonds. The van der Waals surface area contributed by atoms with E-state index in [9.17, 15) is 24.9 Å².